The van der Waals surface area contributed by atoms with E-state index >= 15 is 0 Å². The summed E-state index contributed by atoms with van der Waals surface area (Å²) in [7, 11) is -4.94. The largest absolute Gasteiger partial charge is 0.497 e. The highest BCUT2D eigenvalue weighted by molar-refractivity contribution is 7.92. The summed E-state index contributed by atoms with van der Waals surface area (Å²) < 4.78 is 55.0. The molecule has 0 aromatic heterocycles. The summed E-state index contributed by atoms with van der Waals surface area (Å²) in [5.74, 6) is -0.924. The summed E-state index contributed by atoms with van der Waals surface area (Å²) >= 11 is 0. The highest BCUT2D eigenvalue weighted by Gasteiger charge is 2.44. The molecule has 11 heavy (non-hydrogen) atoms. The van der Waals surface area contributed by atoms with Gasteiger partial charge < -0.3 is 5.73 Å². The third kappa shape index (κ3) is 3.06. The number of hydrogen-bond acceptors (Lipinski definition) is 3. The number of hydrogen-bond donors (Lipinski definition) is 1. The first kappa shape index (κ1) is 10.7. The summed E-state index contributed by atoms with van der Waals surface area (Å²) in [6.45, 7) is -0.0602. The Labute approximate surface area is 62.3 Å². The van der Waals surface area contributed by atoms with Gasteiger partial charge in [0.15, 0.2) is 0 Å². The van der Waals surface area contributed by atoms with Gasteiger partial charge in [0.05, 0.1) is 5.75 Å². The van der Waals surface area contributed by atoms with Crippen molar-refractivity contribution in [1.82, 2.24) is 0 Å². The first-order chi connectivity index (χ1) is 4.81. The molecule has 0 aromatic rings. The highest BCUT2D eigenvalue weighted by atomic mass is 32.2. The molecule has 0 atom stereocenters. The van der Waals surface area contributed by atoms with Gasteiger partial charge in [0.2, 0.25) is 9.84 Å². The van der Waals surface area contributed by atoms with Crippen LogP contribution in [-0.4, -0.2) is 26.2 Å². The first-order valence-electron chi connectivity index (χ1n) is 2.80. The van der Waals surface area contributed by atoms with E-state index in [0.29, 0.717) is 0 Å². The van der Waals surface area contributed by atoms with E-state index in [0.717, 1.165) is 0 Å². The van der Waals surface area contributed by atoms with Crippen molar-refractivity contribution in [2.45, 2.75) is 11.9 Å². The quantitative estimate of drug-likeness (QED) is 0.696. The van der Waals surface area contributed by atoms with E-state index in [9.17, 15) is 21.6 Å². The maximum atomic E-state index is 11.5. The molecule has 0 aliphatic heterocycles. The molecule has 0 saturated heterocycles. The monoisotopic (exact) mass is 191 g/mol. The van der Waals surface area contributed by atoms with E-state index in [1.807, 2.05) is 0 Å². The van der Waals surface area contributed by atoms with Crippen LogP contribution < -0.4 is 5.73 Å². The van der Waals surface area contributed by atoms with Gasteiger partial charge in [-0.2, -0.15) is 13.2 Å². The molecule has 0 rings (SSSR count). The van der Waals surface area contributed by atoms with Gasteiger partial charge in [0.1, 0.15) is 0 Å². The molecule has 0 amide bonds. The zero-order valence-electron chi connectivity index (χ0n) is 5.56. The molecule has 0 aliphatic carbocycles. The number of rotatable bonds is 3. The van der Waals surface area contributed by atoms with Crippen LogP contribution in [0.15, 0.2) is 0 Å². The lowest BCUT2D eigenvalue weighted by molar-refractivity contribution is -0.0435. The van der Waals surface area contributed by atoms with Crippen molar-refractivity contribution in [2.24, 2.45) is 5.73 Å². The van der Waals surface area contributed by atoms with Gasteiger partial charge in [-0.3, -0.25) is 0 Å². The van der Waals surface area contributed by atoms with Crippen molar-refractivity contribution < 1.29 is 21.6 Å². The van der Waals surface area contributed by atoms with Crippen molar-refractivity contribution in [3.63, 3.8) is 0 Å². The summed E-state index contributed by atoms with van der Waals surface area (Å²) in [5.41, 5.74) is -0.290. The second-order valence-corrected chi connectivity index (χ2v) is 4.01. The molecule has 0 saturated carbocycles. The third-order valence-corrected chi connectivity index (χ3v) is 2.50. The van der Waals surface area contributed by atoms with E-state index in [1.165, 1.54) is 0 Å². The average Bonchev–Trinajstić information content (AvgIpc) is 1.81. The van der Waals surface area contributed by atoms with Crippen LogP contribution in [0.25, 0.3) is 0 Å². The number of alkyl halides is 3. The Balaban J connectivity index is 4.26. The minimum absolute atomic E-state index is 0.0602. The Kier molecular flexibility index (Phi) is 3.30. The van der Waals surface area contributed by atoms with Crippen molar-refractivity contribution in [1.29, 1.82) is 0 Å². The predicted octanol–water partition coefficient (Wildman–Crippen LogP) is 0.270. The summed E-state index contributed by atoms with van der Waals surface area (Å²) in [6.07, 6.45) is -0.165. The number of sulfone groups is 1. The fourth-order valence-corrected chi connectivity index (χ4v) is 1.17. The molecule has 0 radical (unpaired) electrons. The van der Waals surface area contributed by atoms with E-state index in [1.54, 1.807) is 0 Å². The lowest BCUT2D eigenvalue weighted by Crippen LogP contribution is -2.27. The van der Waals surface area contributed by atoms with E-state index < -0.39 is 21.1 Å². The minimum atomic E-state index is -5.14. The second-order valence-electron chi connectivity index (χ2n) is 1.91. The van der Waals surface area contributed by atoms with Gasteiger partial charge in [-0.25, -0.2) is 8.42 Å². The molecule has 0 bridgehead atoms. The Morgan fingerprint density at radius 3 is 2.00 bits per heavy atom. The van der Waals surface area contributed by atoms with Crippen LogP contribution in [0.3, 0.4) is 0 Å². The van der Waals surface area contributed by atoms with Crippen molar-refractivity contribution in [2.75, 3.05) is 12.3 Å². The average molecular weight is 191 g/mol. The summed E-state index contributed by atoms with van der Waals surface area (Å²) in [6, 6.07) is 0. The molecule has 3 nitrogen and oxygen atoms in total. The van der Waals surface area contributed by atoms with E-state index in [4.69, 9.17) is 5.73 Å². The summed E-state index contributed by atoms with van der Waals surface area (Å²) in [5, 5.41) is 0. The van der Waals surface area contributed by atoms with Gasteiger partial charge >= 0.3 is 5.51 Å². The molecule has 68 valence electrons. The van der Waals surface area contributed by atoms with Gasteiger partial charge in [-0.15, -0.1) is 0 Å². The smallest absolute Gasteiger partial charge is 0.330 e. The lowest BCUT2D eigenvalue weighted by Gasteiger charge is -2.05. The minimum Gasteiger partial charge on any atom is -0.330 e. The normalized spacial score (nSPS) is 13.5. The predicted molar refractivity (Wildman–Crippen MR) is 33.5 cm³/mol. The molecular formula is C4H8F3NO2S. The topological polar surface area (TPSA) is 60.2 Å². The molecule has 0 aliphatic rings. The highest BCUT2D eigenvalue weighted by Crippen LogP contribution is 2.23. The lowest BCUT2D eigenvalue weighted by atomic mass is 10.5. The molecule has 0 aromatic carbocycles. The Morgan fingerprint density at radius 2 is 1.73 bits per heavy atom. The summed E-state index contributed by atoms with van der Waals surface area (Å²) in [4.78, 5) is 0. The van der Waals surface area contributed by atoms with Crippen LogP contribution >= 0.6 is 0 Å². The molecule has 2 N–H and O–H groups in total. The number of nitrogens with two attached hydrogens (primary N) is 1. The van der Waals surface area contributed by atoms with Crippen LogP contribution in [0.2, 0.25) is 0 Å². The standard InChI is InChI=1S/C4H8F3NO2S/c5-4(6,7)11(9,10)3-1-2-8/h1-3,8H2. The SMILES string of the molecule is NCCCS(=O)(=O)C(F)(F)F. The maximum Gasteiger partial charge on any atom is 0.497 e. The zero-order chi connectivity index (χ0) is 9.12. The fourth-order valence-electron chi connectivity index (χ4n) is 0.389. The molecule has 7 heteroatoms. The van der Waals surface area contributed by atoms with Gasteiger partial charge in [0, 0.05) is 0 Å². The van der Waals surface area contributed by atoms with E-state index in [-0.39, 0.29) is 13.0 Å². The molecule has 0 spiro atoms. The van der Waals surface area contributed by atoms with Crippen molar-refractivity contribution in [3.05, 3.63) is 0 Å². The van der Waals surface area contributed by atoms with Crippen molar-refractivity contribution >= 4 is 9.84 Å². The first-order valence-corrected chi connectivity index (χ1v) is 4.45. The van der Waals surface area contributed by atoms with Crippen LogP contribution in [0.5, 0.6) is 0 Å². The Morgan fingerprint density at radius 1 is 1.27 bits per heavy atom. The second kappa shape index (κ2) is 3.40. The maximum absolute atomic E-state index is 11.5. The van der Waals surface area contributed by atoms with Gasteiger partial charge in [-0.05, 0) is 13.0 Å². The van der Waals surface area contributed by atoms with Crippen LogP contribution in [0.1, 0.15) is 6.42 Å². The Hall–Kier alpha value is -0.300. The van der Waals surface area contributed by atoms with Gasteiger partial charge in [-0.1, -0.05) is 0 Å². The number of halogens is 3. The fraction of sp³-hybridized carbons (Fsp3) is 1.00. The molecule has 0 unspecified atom stereocenters. The van der Waals surface area contributed by atoms with Gasteiger partial charge in [0.25, 0.3) is 0 Å². The molecule has 0 fully saturated rings. The zero-order valence-corrected chi connectivity index (χ0v) is 6.37. The third-order valence-electron chi connectivity index (χ3n) is 0.970. The van der Waals surface area contributed by atoms with E-state index in [2.05, 4.69) is 0 Å². The molecule has 0 heterocycles. The van der Waals surface area contributed by atoms with Crippen LogP contribution in [-0.2, 0) is 9.84 Å². The van der Waals surface area contributed by atoms with Crippen LogP contribution in [0, 0.1) is 0 Å². The molecular weight excluding hydrogens is 183 g/mol. The van der Waals surface area contributed by atoms with Crippen LogP contribution in [0.4, 0.5) is 13.2 Å². The Bertz CT molecular complexity index is 208. The van der Waals surface area contributed by atoms with Crippen molar-refractivity contribution in [3.8, 4) is 0 Å².